The summed E-state index contributed by atoms with van der Waals surface area (Å²) in [6.45, 7) is 6.10. The molecule has 2 rings (SSSR count). The van der Waals surface area contributed by atoms with Gasteiger partial charge >= 0.3 is 5.97 Å². The third kappa shape index (κ3) is 2.64. The molecule has 2 aliphatic heterocycles. The molecule has 2 heterocycles. The number of likely N-dealkylation sites (tertiary alicyclic amines) is 1. The lowest BCUT2D eigenvalue weighted by atomic mass is 10.1. The molecule has 2 saturated heterocycles. The van der Waals surface area contributed by atoms with Crippen molar-refractivity contribution in [2.24, 2.45) is 0 Å². The molecule has 2 aliphatic rings. The minimum Gasteiger partial charge on any atom is -0.479 e. The molecule has 0 bridgehead atoms. The van der Waals surface area contributed by atoms with E-state index >= 15 is 0 Å². The molecule has 0 aromatic carbocycles. The average molecular weight is 256 g/mol. The van der Waals surface area contributed by atoms with E-state index in [-0.39, 0.29) is 25.1 Å². The zero-order valence-corrected chi connectivity index (χ0v) is 10.8. The maximum Gasteiger partial charge on any atom is 0.334 e. The first-order valence-electron chi connectivity index (χ1n) is 6.37. The van der Waals surface area contributed by atoms with Gasteiger partial charge in [0, 0.05) is 25.2 Å². The van der Waals surface area contributed by atoms with Gasteiger partial charge < -0.3 is 14.7 Å². The summed E-state index contributed by atoms with van der Waals surface area (Å²) in [5.41, 5.74) is 0. The molecule has 2 unspecified atom stereocenters. The van der Waals surface area contributed by atoms with Crippen LogP contribution in [-0.2, 0) is 14.3 Å². The minimum atomic E-state index is -0.994. The van der Waals surface area contributed by atoms with E-state index in [2.05, 4.69) is 18.7 Å². The fraction of sp³-hybridized carbons (Fsp3) is 0.833. The molecule has 102 valence electrons. The van der Waals surface area contributed by atoms with Crippen LogP contribution in [0.25, 0.3) is 0 Å². The highest BCUT2D eigenvalue weighted by atomic mass is 16.5. The molecule has 0 spiro atoms. The highest BCUT2D eigenvalue weighted by Gasteiger charge is 2.37. The normalized spacial score (nSPS) is 30.2. The van der Waals surface area contributed by atoms with Gasteiger partial charge in [-0.15, -0.1) is 0 Å². The monoisotopic (exact) mass is 256 g/mol. The topological polar surface area (TPSA) is 70.1 Å². The van der Waals surface area contributed by atoms with Crippen LogP contribution in [0.2, 0.25) is 0 Å². The van der Waals surface area contributed by atoms with E-state index < -0.39 is 12.1 Å². The largest absolute Gasteiger partial charge is 0.479 e. The quantitative estimate of drug-likeness (QED) is 0.756. The Hall–Kier alpha value is -1.14. The Kier molecular flexibility index (Phi) is 3.87. The molecule has 6 nitrogen and oxygen atoms in total. The van der Waals surface area contributed by atoms with E-state index in [4.69, 9.17) is 9.84 Å². The number of morpholine rings is 1. The first-order chi connectivity index (χ1) is 8.49. The third-order valence-electron chi connectivity index (χ3n) is 3.73. The molecule has 1 N–H and O–H groups in total. The van der Waals surface area contributed by atoms with Crippen LogP contribution in [0.5, 0.6) is 0 Å². The smallest absolute Gasteiger partial charge is 0.334 e. The number of carboxylic acids is 1. The van der Waals surface area contributed by atoms with Crippen LogP contribution in [0.3, 0.4) is 0 Å². The van der Waals surface area contributed by atoms with Crippen molar-refractivity contribution >= 4 is 11.9 Å². The van der Waals surface area contributed by atoms with Crippen LogP contribution < -0.4 is 0 Å². The summed E-state index contributed by atoms with van der Waals surface area (Å²) in [4.78, 5) is 26.7. The first-order valence-corrected chi connectivity index (χ1v) is 6.37. The number of carbonyl (C=O) groups is 2. The average Bonchev–Trinajstić information content (AvgIpc) is 2.78. The number of carboxylic acid groups (broad SMARTS) is 1. The summed E-state index contributed by atoms with van der Waals surface area (Å²) in [5, 5.41) is 8.95. The number of hydrogen-bond donors (Lipinski definition) is 1. The van der Waals surface area contributed by atoms with Crippen LogP contribution in [0.1, 0.15) is 20.3 Å². The van der Waals surface area contributed by atoms with Crippen molar-refractivity contribution in [3.63, 3.8) is 0 Å². The molecule has 2 atom stereocenters. The van der Waals surface area contributed by atoms with Crippen molar-refractivity contribution in [3.05, 3.63) is 0 Å². The molecule has 0 aromatic heterocycles. The number of ether oxygens (including phenoxy) is 1. The van der Waals surface area contributed by atoms with Crippen molar-refractivity contribution < 1.29 is 19.4 Å². The Morgan fingerprint density at radius 1 is 1.44 bits per heavy atom. The van der Waals surface area contributed by atoms with Gasteiger partial charge in [0.05, 0.1) is 6.54 Å². The van der Waals surface area contributed by atoms with Gasteiger partial charge in [-0.05, 0) is 20.3 Å². The van der Waals surface area contributed by atoms with E-state index in [1.807, 2.05) is 0 Å². The molecular weight excluding hydrogens is 236 g/mol. The highest BCUT2D eigenvalue weighted by Crippen LogP contribution is 2.20. The van der Waals surface area contributed by atoms with Crippen molar-refractivity contribution in [1.82, 2.24) is 9.80 Å². The zero-order chi connectivity index (χ0) is 13.3. The molecule has 0 saturated carbocycles. The third-order valence-corrected chi connectivity index (χ3v) is 3.73. The Bertz CT molecular complexity index is 345. The number of amides is 1. The van der Waals surface area contributed by atoms with Gasteiger partial charge in [-0.1, -0.05) is 0 Å². The van der Waals surface area contributed by atoms with Crippen LogP contribution in [-0.4, -0.2) is 71.2 Å². The van der Waals surface area contributed by atoms with Gasteiger partial charge in [0.25, 0.3) is 0 Å². The summed E-state index contributed by atoms with van der Waals surface area (Å²) >= 11 is 0. The van der Waals surface area contributed by atoms with Gasteiger partial charge in [0.15, 0.2) is 6.10 Å². The maximum atomic E-state index is 11.8. The van der Waals surface area contributed by atoms with E-state index in [0.717, 1.165) is 19.5 Å². The van der Waals surface area contributed by atoms with Gasteiger partial charge in [-0.2, -0.15) is 0 Å². The molecule has 0 aromatic rings. The molecule has 0 radical (unpaired) electrons. The van der Waals surface area contributed by atoms with Crippen molar-refractivity contribution in [1.29, 1.82) is 0 Å². The van der Waals surface area contributed by atoms with Gasteiger partial charge in [0.2, 0.25) is 5.91 Å². The number of carbonyl (C=O) groups excluding carboxylic acids is 1. The van der Waals surface area contributed by atoms with E-state index in [0.29, 0.717) is 6.04 Å². The number of hydrogen-bond acceptors (Lipinski definition) is 4. The fourth-order valence-electron chi connectivity index (χ4n) is 2.58. The SMILES string of the molecule is CC(C)N1CCC(N2CC(C(=O)O)OCC2=O)C1. The fourth-order valence-corrected chi connectivity index (χ4v) is 2.58. The number of aliphatic carboxylic acids is 1. The molecule has 18 heavy (non-hydrogen) atoms. The van der Waals surface area contributed by atoms with Gasteiger partial charge in [-0.3, -0.25) is 9.69 Å². The number of rotatable bonds is 3. The van der Waals surface area contributed by atoms with E-state index in [9.17, 15) is 9.59 Å². The number of nitrogens with zero attached hydrogens (tertiary/aromatic N) is 2. The lowest BCUT2D eigenvalue weighted by Crippen LogP contribution is -2.54. The summed E-state index contributed by atoms with van der Waals surface area (Å²) in [5.74, 6) is -1.09. The second kappa shape index (κ2) is 5.24. The Morgan fingerprint density at radius 2 is 2.17 bits per heavy atom. The van der Waals surface area contributed by atoms with E-state index in [1.165, 1.54) is 0 Å². The van der Waals surface area contributed by atoms with Gasteiger partial charge in [0.1, 0.15) is 6.61 Å². The second-order valence-corrected chi connectivity index (χ2v) is 5.22. The Labute approximate surface area is 106 Å². The van der Waals surface area contributed by atoms with Crippen molar-refractivity contribution in [3.8, 4) is 0 Å². The molecule has 2 fully saturated rings. The maximum absolute atomic E-state index is 11.8. The molecular formula is C12H20N2O4. The first kappa shape index (κ1) is 13.3. The lowest BCUT2D eigenvalue weighted by Gasteiger charge is -2.35. The summed E-state index contributed by atoms with van der Waals surface area (Å²) in [6.07, 6.45) is 0.0341. The zero-order valence-electron chi connectivity index (χ0n) is 10.8. The van der Waals surface area contributed by atoms with Crippen LogP contribution in [0.15, 0.2) is 0 Å². The lowest BCUT2D eigenvalue weighted by molar-refractivity contribution is -0.166. The van der Waals surface area contributed by atoms with Crippen LogP contribution in [0.4, 0.5) is 0 Å². The Balaban J connectivity index is 1.99. The predicted octanol–water partition coefficient (Wildman–Crippen LogP) is -0.219. The summed E-state index contributed by atoms with van der Waals surface area (Å²) < 4.78 is 5.01. The second-order valence-electron chi connectivity index (χ2n) is 5.22. The van der Waals surface area contributed by atoms with Crippen molar-refractivity contribution in [2.45, 2.75) is 38.5 Å². The standard InChI is InChI=1S/C12H20N2O4/c1-8(2)13-4-3-9(5-13)14-6-10(12(16)17)18-7-11(14)15/h8-10H,3-7H2,1-2H3,(H,16,17). The minimum absolute atomic E-state index is 0.0943. The van der Waals surface area contributed by atoms with E-state index in [1.54, 1.807) is 4.90 Å². The van der Waals surface area contributed by atoms with Gasteiger partial charge in [-0.25, -0.2) is 4.79 Å². The summed E-state index contributed by atoms with van der Waals surface area (Å²) in [7, 11) is 0. The molecule has 0 aliphatic carbocycles. The highest BCUT2D eigenvalue weighted by molar-refractivity contribution is 5.82. The van der Waals surface area contributed by atoms with Crippen LogP contribution >= 0.6 is 0 Å². The summed E-state index contributed by atoms with van der Waals surface area (Å²) in [6, 6.07) is 0.590. The molecule has 6 heteroatoms. The van der Waals surface area contributed by atoms with Crippen molar-refractivity contribution in [2.75, 3.05) is 26.2 Å². The molecule has 1 amide bonds. The predicted molar refractivity (Wildman–Crippen MR) is 64.2 cm³/mol. The van der Waals surface area contributed by atoms with Crippen LogP contribution in [0, 0.1) is 0 Å². The Morgan fingerprint density at radius 3 is 2.72 bits per heavy atom.